The fourth-order valence-corrected chi connectivity index (χ4v) is 3.10. The second kappa shape index (κ2) is 4.11. The van der Waals surface area contributed by atoms with Gasteiger partial charge in [0.25, 0.3) is 0 Å². The van der Waals surface area contributed by atoms with Crippen molar-refractivity contribution in [3.63, 3.8) is 0 Å². The van der Waals surface area contributed by atoms with Crippen molar-refractivity contribution in [3.05, 3.63) is 0 Å². The van der Waals surface area contributed by atoms with E-state index in [4.69, 9.17) is 26.6 Å². The molecule has 0 aromatic heterocycles. The Hall–Kier alpha value is 0.135. The van der Waals surface area contributed by atoms with Gasteiger partial charge < -0.3 is 18.7 Å². The summed E-state index contributed by atoms with van der Waals surface area (Å²) < 4.78 is 33.5. The quantitative estimate of drug-likeness (QED) is 0.524. The Kier molecular flexibility index (Phi) is 3.23. The highest BCUT2D eigenvalue weighted by Gasteiger charge is 2.61. The Morgan fingerprint density at radius 3 is 2.75 bits per heavy atom. The molecule has 90 valence electrons. The molecule has 2 saturated heterocycles. The lowest BCUT2D eigenvalue weighted by atomic mass is 9.92. The molecule has 0 aliphatic carbocycles. The number of hydrogen-bond donors (Lipinski definition) is 0. The van der Waals surface area contributed by atoms with Crippen LogP contribution in [0.1, 0.15) is 0 Å². The van der Waals surface area contributed by atoms with Crippen molar-refractivity contribution in [2.45, 2.75) is 23.8 Å². The van der Waals surface area contributed by atoms with Gasteiger partial charge in [0.15, 0.2) is 7.37 Å². The highest BCUT2D eigenvalue weighted by atomic mass is 31.2. The molecule has 1 unspecified atom stereocenters. The minimum atomic E-state index is -2.61. The van der Waals surface area contributed by atoms with Gasteiger partial charge in [0.05, 0.1) is 13.2 Å². The van der Waals surface area contributed by atoms with E-state index in [-0.39, 0.29) is 6.10 Å². The lowest BCUT2D eigenvalue weighted by Gasteiger charge is -2.30. The third-order valence-electron chi connectivity index (χ3n) is 2.79. The van der Waals surface area contributed by atoms with Crippen molar-refractivity contribution in [2.75, 3.05) is 33.7 Å². The highest BCUT2D eigenvalue weighted by molar-refractivity contribution is 7.57. The Labute approximate surface area is 96.6 Å². The van der Waals surface area contributed by atoms with Gasteiger partial charge in [-0.3, -0.25) is 4.57 Å². The Bertz CT molecular complexity index is 319. The normalized spacial score (nSPS) is 42.8. The molecule has 0 aromatic carbocycles. The Balaban J connectivity index is 2.19. The SMILES string of the molecule is [B][C@@H]1O[C@@]2(COC)CO[C@H]1C2OP(C)(C)=O. The van der Waals surface area contributed by atoms with E-state index in [1.54, 1.807) is 20.4 Å². The van der Waals surface area contributed by atoms with Crippen molar-refractivity contribution in [2.24, 2.45) is 0 Å². The predicted molar refractivity (Wildman–Crippen MR) is 59.3 cm³/mol. The predicted octanol–water partition coefficient (Wildman–Crippen LogP) is 0.218. The maximum Gasteiger partial charge on any atom is 0.197 e. The van der Waals surface area contributed by atoms with Crippen molar-refractivity contribution in [1.29, 1.82) is 0 Å². The van der Waals surface area contributed by atoms with E-state index >= 15 is 0 Å². The third-order valence-corrected chi connectivity index (χ3v) is 3.52. The number of ether oxygens (including phenoxy) is 3. The van der Waals surface area contributed by atoms with E-state index in [1.807, 2.05) is 0 Å². The van der Waals surface area contributed by atoms with Gasteiger partial charge >= 0.3 is 0 Å². The van der Waals surface area contributed by atoms with E-state index in [1.165, 1.54) is 0 Å². The highest BCUT2D eigenvalue weighted by Crippen LogP contribution is 2.49. The molecule has 2 bridgehead atoms. The van der Waals surface area contributed by atoms with E-state index in [0.717, 1.165) is 0 Å². The van der Waals surface area contributed by atoms with Gasteiger partial charge in [-0.2, -0.15) is 0 Å². The lowest BCUT2D eigenvalue weighted by Crippen LogP contribution is -2.45. The minimum absolute atomic E-state index is 0.321. The number of rotatable bonds is 4. The van der Waals surface area contributed by atoms with Crippen LogP contribution < -0.4 is 0 Å². The summed E-state index contributed by atoms with van der Waals surface area (Å²) in [5.74, 6) is 0. The molecule has 2 heterocycles. The molecule has 0 N–H and O–H groups in total. The average molecular weight is 246 g/mol. The number of hydrogen-bond acceptors (Lipinski definition) is 5. The monoisotopic (exact) mass is 246 g/mol. The maximum absolute atomic E-state index is 11.7. The van der Waals surface area contributed by atoms with Crippen molar-refractivity contribution in [3.8, 4) is 0 Å². The van der Waals surface area contributed by atoms with E-state index in [0.29, 0.717) is 13.2 Å². The molecule has 0 spiro atoms. The summed E-state index contributed by atoms with van der Waals surface area (Å²) in [6, 6.07) is -0.541. The molecule has 2 rings (SSSR count). The van der Waals surface area contributed by atoms with Gasteiger partial charge in [0.2, 0.25) is 0 Å². The van der Waals surface area contributed by atoms with Gasteiger partial charge in [0, 0.05) is 26.4 Å². The average Bonchev–Trinajstić information content (AvgIpc) is 2.54. The molecular formula is C9H16BO5P. The molecule has 2 aliphatic heterocycles. The molecule has 0 aromatic rings. The molecule has 5 nitrogen and oxygen atoms in total. The van der Waals surface area contributed by atoms with Gasteiger partial charge in [-0.15, -0.1) is 0 Å². The molecule has 7 heteroatoms. The summed E-state index contributed by atoms with van der Waals surface area (Å²) in [4.78, 5) is 0. The van der Waals surface area contributed by atoms with E-state index < -0.39 is 25.1 Å². The minimum Gasteiger partial charge on any atom is -0.381 e. The van der Waals surface area contributed by atoms with Gasteiger partial charge in [-0.1, -0.05) is 0 Å². The van der Waals surface area contributed by atoms with Crippen LogP contribution in [0.15, 0.2) is 0 Å². The van der Waals surface area contributed by atoms with Crippen LogP contribution in [-0.2, 0) is 23.3 Å². The van der Waals surface area contributed by atoms with Crippen molar-refractivity contribution in [1.82, 2.24) is 0 Å². The van der Waals surface area contributed by atoms with E-state index in [9.17, 15) is 4.57 Å². The van der Waals surface area contributed by atoms with Gasteiger partial charge in [-0.05, 0) is 0 Å². The van der Waals surface area contributed by atoms with Crippen LogP contribution in [0.3, 0.4) is 0 Å². The van der Waals surface area contributed by atoms with Crippen LogP contribution in [0.4, 0.5) is 0 Å². The molecule has 16 heavy (non-hydrogen) atoms. The first kappa shape index (κ1) is 12.6. The first-order valence-corrected chi connectivity index (χ1v) is 7.67. The third kappa shape index (κ3) is 2.09. The Morgan fingerprint density at radius 2 is 2.25 bits per heavy atom. The largest absolute Gasteiger partial charge is 0.381 e. The first-order valence-electron chi connectivity index (χ1n) is 5.15. The summed E-state index contributed by atoms with van der Waals surface area (Å²) in [7, 11) is 4.73. The zero-order valence-electron chi connectivity index (χ0n) is 9.71. The topological polar surface area (TPSA) is 54.0 Å². The molecule has 0 saturated carbocycles. The fourth-order valence-electron chi connectivity index (χ4n) is 2.24. The van der Waals surface area contributed by atoms with Gasteiger partial charge in [-0.25, -0.2) is 0 Å². The number of fused-ring (bicyclic) bond motifs is 2. The molecule has 2 fully saturated rings. The zero-order chi connectivity index (χ0) is 12.0. The summed E-state index contributed by atoms with van der Waals surface area (Å²) in [6.07, 6.45) is -0.772. The van der Waals surface area contributed by atoms with Crippen LogP contribution in [0.2, 0.25) is 0 Å². The molecule has 2 radical (unpaired) electrons. The summed E-state index contributed by atoms with van der Waals surface area (Å²) >= 11 is 0. The smallest absolute Gasteiger partial charge is 0.197 e. The standard InChI is InChI=1S/C9H16BO5P/c1-12-4-9-5-13-6(8(10)14-9)7(9)15-16(2,3)11/h6-8H,4-5H2,1-3H3/t6-,7?,8+,9-/m0/s1. The molecular weight excluding hydrogens is 230 g/mol. The number of methoxy groups -OCH3 is 1. The lowest BCUT2D eigenvalue weighted by molar-refractivity contribution is -0.140. The van der Waals surface area contributed by atoms with E-state index in [2.05, 4.69) is 0 Å². The van der Waals surface area contributed by atoms with Crippen LogP contribution in [0.5, 0.6) is 0 Å². The van der Waals surface area contributed by atoms with Crippen molar-refractivity contribution < 1.29 is 23.3 Å². The van der Waals surface area contributed by atoms with Gasteiger partial charge in [0.1, 0.15) is 25.7 Å². The second-order valence-corrected chi connectivity index (χ2v) is 7.35. The summed E-state index contributed by atoms with van der Waals surface area (Å²) in [6.45, 7) is 3.82. The van der Waals surface area contributed by atoms with Crippen LogP contribution in [0.25, 0.3) is 0 Å². The second-order valence-electron chi connectivity index (χ2n) is 4.63. The first-order chi connectivity index (χ1) is 7.38. The molecule has 4 atom stereocenters. The van der Waals surface area contributed by atoms with Crippen LogP contribution >= 0.6 is 7.37 Å². The van der Waals surface area contributed by atoms with Crippen molar-refractivity contribution >= 4 is 15.2 Å². The molecule has 0 amide bonds. The zero-order valence-corrected chi connectivity index (χ0v) is 10.6. The summed E-state index contributed by atoms with van der Waals surface area (Å²) in [5, 5.41) is 0. The van der Waals surface area contributed by atoms with Crippen LogP contribution in [-0.4, -0.2) is 65.3 Å². The molecule has 2 aliphatic rings. The van der Waals surface area contributed by atoms with Crippen LogP contribution in [0, 0.1) is 0 Å². The Morgan fingerprint density at radius 1 is 1.56 bits per heavy atom. The summed E-state index contributed by atoms with van der Waals surface area (Å²) in [5.41, 5.74) is -0.708. The maximum atomic E-state index is 11.7. The fraction of sp³-hybridized carbons (Fsp3) is 1.00.